The number of nitriles is 1. The van der Waals surface area contributed by atoms with E-state index in [9.17, 15) is 8.42 Å². The Balaban J connectivity index is 2.35. The molecule has 0 atom stereocenters. The maximum absolute atomic E-state index is 11.3. The summed E-state index contributed by atoms with van der Waals surface area (Å²) in [5, 5.41) is 19.1. The van der Waals surface area contributed by atoms with Crippen LogP contribution in [0.2, 0.25) is 5.02 Å². The number of halogens is 1. The van der Waals surface area contributed by atoms with E-state index in [1.54, 1.807) is 11.3 Å². The number of primary sulfonamides is 1. The van der Waals surface area contributed by atoms with Crippen molar-refractivity contribution in [3.05, 3.63) is 45.1 Å². The predicted octanol–water partition coefficient (Wildman–Crippen LogP) is 2.53. The molecule has 0 unspecified atom stereocenters. The van der Waals surface area contributed by atoms with Gasteiger partial charge in [0.15, 0.2) is 0 Å². The number of rotatable bonds is 4. The van der Waals surface area contributed by atoms with Gasteiger partial charge in [0.2, 0.25) is 10.0 Å². The van der Waals surface area contributed by atoms with E-state index in [-0.39, 0.29) is 15.5 Å². The molecule has 0 aliphatic carbocycles. The second-order valence-electron chi connectivity index (χ2n) is 3.92. The Bertz CT molecular complexity index is 765. The second kappa shape index (κ2) is 5.81. The Labute approximate surface area is 125 Å². The SMILES string of the molecule is N#Cc1cc(S(N)(=O)=O)c(Cl)cc1NCc1cccs1. The van der Waals surface area contributed by atoms with Gasteiger partial charge in [-0.3, -0.25) is 0 Å². The van der Waals surface area contributed by atoms with Gasteiger partial charge in [0.05, 0.1) is 16.3 Å². The molecule has 0 saturated heterocycles. The number of benzene rings is 1. The van der Waals surface area contributed by atoms with E-state index in [2.05, 4.69) is 5.32 Å². The van der Waals surface area contributed by atoms with Crippen LogP contribution in [0.15, 0.2) is 34.5 Å². The van der Waals surface area contributed by atoms with Crippen molar-refractivity contribution in [3.8, 4) is 6.07 Å². The Morgan fingerprint density at radius 2 is 2.20 bits per heavy atom. The third-order valence-corrected chi connectivity index (χ3v) is 4.78. The maximum Gasteiger partial charge on any atom is 0.239 e. The third kappa shape index (κ3) is 3.29. The summed E-state index contributed by atoms with van der Waals surface area (Å²) < 4.78 is 22.7. The van der Waals surface area contributed by atoms with E-state index in [1.165, 1.54) is 12.1 Å². The molecule has 0 aliphatic heterocycles. The van der Waals surface area contributed by atoms with Crippen LogP contribution in [0.25, 0.3) is 0 Å². The van der Waals surface area contributed by atoms with Gasteiger partial charge in [-0.2, -0.15) is 5.26 Å². The van der Waals surface area contributed by atoms with E-state index in [0.29, 0.717) is 12.2 Å². The Kier molecular flexibility index (Phi) is 4.30. The number of nitrogens with two attached hydrogens (primary N) is 1. The first kappa shape index (κ1) is 14.8. The smallest absolute Gasteiger partial charge is 0.239 e. The highest BCUT2D eigenvalue weighted by Gasteiger charge is 2.16. The van der Waals surface area contributed by atoms with Crippen molar-refractivity contribution >= 4 is 38.6 Å². The molecular formula is C12H10ClN3O2S2. The molecule has 2 aromatic rings. The summed E-state index contributed by atoms with van der Waals surface area (Å²) >= 11 is 7.47. The monoisotopic (exact) mass is 327 g/mol. The molecule has 0 bridgehead atoms. The first-order valence-corrected chi connectivity index (χ1v) is 8.25. The van der Waals surface area contributed by atoms with Gasteiger partial charge in [-0.05, 0) is 23.6 Å². The molecule has 0 saturated carbocycles. The van der Waals surface area contributed by atoms with E-state index < -0.39 is 10.0 Å². The zero-order valence-electron chi connectivity index (χ0n) is 10.1. The van der Waals surface area contributed by atoms with E-state index in [4.69, 9.17) is 22.0 Å². The Hall–Kier alpha value is -1.59. The molecule has 3 N–H and O–H groups in total. The lowest BCUT2D eigenvalue weighted by Crippen LogP contribution is -2.13. The number of hydrogen-bond donors (Lipinski definition) is 2. The van der Waals surface area contributed by atoms with Crippen LogP contribution in [0.4, 0.5) is 5.69 Å². The topological polar surface area (TPSA) is 96.0 Å². The van der Waals surface area contributed by atoms with Crippen molar-refractivity contribution in [2.75, 3.05) is 5.32 Å². The summed E-state index contributed by atoms with van der Waals surface area (Å²) in [6, 6.07) is 8.37. The van der Waals surface area contributed by atoms with Gasteiger partial charge in [-0.1, -0.05) is 17.7 Å². The minimum Gasteiger partial charge on any atom is -0.379 e. The molecule has 20 heavy (non-hydrogen) atoms. The van der Waals surface area contributed by atoms with Crippen molar-refractivity contribution in [1.82, 2.24) is 0 Å². The van der Waals surface area contributed by atoms with Gasteiger partial charge in [0.25, 0.3) is 0 Å². The van der Waals surface area contributed by atoms with Crippen LogP contribution in [0.5, 0.6) is 0 Å². The normalized spacial score (nSPS) is 11.1. The minimum absolute atomic E-state index is 0.0137. The van der Waals surface area contributed by atoms with E-state index >= 15 is 0 Å². The molecule has 8 heteroatoms. The number of hydrogen-bond acceptors (Lipinski definition) is 5. The number of nitrogens with zero attached hydrogens (tertiary/aromatic N) is 1. The molecular weight excluding hydrogens is 318 g/mol. The summed E-state index contributed by atoms with van der Waals surface area (Å²) in [5.74, 6) is 0. The van der Waals surface area contributed by atoms with Crippen molar-refractivity contribution in [1.29, 1.82) is 5.26 Å². The van der Waals surface area contributed by atoms with Crippen LogP contribution in [0, 0.1) is 11.3 Å². The van der Waals surface area contributed by atoms with Gasteiger partial charge in [-0.25, -0.2) is 13.6 Å². The quantitative estimate of drug-likeness (QED) is 0.901. The lowest BCUT2D eigenvalue weighted by atomic mass is 10.2. The zero-order valence-corrected chi connectivity index (χ0v) is 12.5. The van der Waals surface area contributed by atoms with Crippen molar-refractivity contribution < 1.29 is 8.42 Å². The van der Waals surface area contributed by atoms with Crippen LogP contribution in [0.3, 0.4) is 0 Å². The lowest BCUT2D eigenvalue weighted by molar-refractivity contribution is 0.598. The van der Waals surface area contributed by atoms with Gasteiger partial charge >= 0.3 is 0 Å². The molecule has 1 aromatic heterocycles. The van der Waals surface area contributed by atoms with Crippen molar-refractivity contribution in [3.63, 3.8) is 0 Å². The second-order valence-corrected chi connectivity index (χ2v) is 6.89. The zero-order chi connectivity index (χ0) is 14.8. The highest BCUT2D eigenvalue weighted by molar-refractivity contribution is 7.89. The Morgan fingerprint density at radius 1 is 1.45 bits per heavy atom. The summed E-state index contributed by atoms with van der Waals surface area (Å²) in [6.07, 6.45) is 0. The predicted molar refractivity (Wildman–Crippen MR) is 79.2 cm³/mol. The molecule has 1 aromatic carbocycles. The average Bonchev–Trinajstić information content (AvgIpc) is 2.88. The van der Waals surface area contributed by atoms with Gasteiger partial charge in [0.1, 0.15) is 11.0 Å². The highest BCUT2D eigenvalue weighted by Crippen LogP contribution is 2.28. The lowest BCUT2D eigenvalue weighted by Gasteiger charge is -2.10. The largest absolute Gasteiger partial charge is 0.379 e. The fourth-order valence-electron chi connectivity index (χ4n) is 1.61. The van der Waals surface area contributed by atoms with E-state index in [0.717, 1.165) is 4.88 Å². The van der Waals surface area contributed by atoms with Gasteiger partial charge in [-0.15, -0.1) is 11.3 Å². The first-order chi connectivity index (χ1) is 9.41. The van der Waals surface area contributed by atoms with Crippen LogP contribution in [-0.4, -0.2) is 8.42 Å². The first-order valence-electron chi connectivity index (χ1n) is 5.44. The number of sulfonamides is 1. The minimum atomic E-state index is -3.95. The molecule has 104 valence electrons. The summed E-state index contributed by atoms with van der Waals surface area (Å²) in [7, 11) is -3.95. The number of thiophene rings is 1. The molecule has 0 fully saturated rings. The maximum atomic E-state index is 11.3. The average molecular weight is 328 g/mol. The molecule has 0 aliphatic rings. The van der Waals surface area contributed by atoms with E-state index in [1.807, 2.05) is 23.6 Å². The highest BCUT2D eigenvalue weighted by atomic mass is 35.5. The van der Waals surface area contributed by atoms with Crippen LogP contribution < -0.4 is 10.5 Å². The van der Waals surface area contributed by atoms with Crippen molar-refractivity contribution in [2.45, 2.75) is 11.4 Å². The molecule has 2 rings (SSSR count). The molecule has 1 heterocycles. The summed E-state index contributed by atoms with van der Waals surface area (Å²) in [5.41, 5.74) is 0.647. The summed E-state index contributed by atoms with van der Waals surface area (Å²) in [4.78, 5) is 0.831. The van der Waals surface area contributed by atoms with Crippen molar-refractivity contribution in [2.24, 2.45) is 5.14 Å². The molecule has 0 amide bonds. The molecule has 5 nitrogen and oxygen atoms in total. The third-order valence-electron chi connectivity index (χ3n) is 2.53. The van der Waals surface area contributed by atoms with Crippen LogP contribution >= 0.6 is 22.9 Å². The number of nitrogens with one attached hydrogen (secondary N) is 1. The Morgan fingerprint density at radius 3 is 2.75 bits per heavy atom. The van der Waals surface area contributed by atoms with Crippen LogP contribution in [-0.2, 0) is 16.6 Å². The number of anilines is 1. The van der Waals surface area contributed by atoms with Gasteiger partial charge in [0, 0.05) is 11.4 Å². The standard InChI is InChI=1S/C12H10ClN3O2S2/c13-10-5-11(16-7-9-2-1-3-19-9)8(6-14)4-12(10)20(15,17)18/h1-5,16H,7H2,(H2,15,17,18). The fraction of sp³-hybridized carbons (Fsp3) is 0.0833. The van der Waals surface area contributed by atoms with Gasteiger partial charge < -0.3 is 5.32 Å². The summed E-state index contributed by atoms with van der Waals surface area (Å²) in [6.45, 7) is 0.525. The fourth-order valence-corrected chi connectivity index (χ4v) is 3.35. The van der Waals surface area contributed by atoms with Crippen LogP contribution in [0.1, 0.15) is 10.4 Å². The molecule has 0 radical (unpaired) electrons. The molecule has 0 spiro atoms.